The number of likely N-dealkylation sites (N-methyl/N-ethyl adjacent to an activating group) is 1. The van der Waals surface area contributed by atoms with Gasteiger partial charge in [-0.1, -0.05) is 13.0 Å². The first-order chi connectivity index (χ1) is 8.17. The van der Waals surface area contributed by atoms with Gasteiger partial charge in [0.15, 0.2) is 0 Å². The zero-order valence-corrected chi connectivity index (χ0v) is 10.6. The number of benzene rings is 1. The molecule has 0 fully saturated rings. The number of allylic oxidation sites excluding steroid dienone is 1. The van der Waals surface area contributed by atoms with Gasteiger partial charge in [0.25, 0.3) is 0 Å². The van der Waals surface area contributed by atoms with E-state index in [9.17, 15) is 0 Å². The Kier molecular flexibility index (Phi) is 3.18. The van der Waals surface area contributed by atoms with Gasteiger partial charge in [-0.3, -0.25) is 0 Å². The Morgan fingerprint density at radius 3 is 2.94 bits per heavy atom. The van der Waals surface area contributed by atoms with Gasteiger partial charge in [-0.2, -0.15) is 0 Å². The first-order valence-corrected chi connectivity index (χ1v) is 5.90. The van der Waals surface area contributed by atoms with Crippen LogP contribution in [0.1, 0.15) is 24.0 Å². The van der Waals surface area contributed by atoms with Crippen molar-refractivity contribution in [1.82, 2.24) is 5.32 Å². The molecule has 90 valence electrons. The molecule has 1 aliphatic heterocycles. The lowest BCUT2D eigenvalue weighted by atomic mass is 9.98. The fraction of sp³-hybridized carbons (Fsp3) is 0.357. The Morgan fingerprint density at radius 1 is 1.53 bits per heavy atom. The molecule has 1 unspecified atom stereocenters. The van der Waals surface area contributed by atoms with Gasteiger partial charge in [-0.25, -0.2) is 0 Å². The lowest BCUT2D eigenvalue weighted by Gasteiger charge is -2.12. The lowest BCUT2D eigenvalue weighted by Crippen LogP contribution is -2.13. The van der Waals surface area contributed by atoms with Crippen LogP contribution in [0.2, 0.25) is 0 Å². The third kappa shape index (κ3) is 2.05. The average Bonchev–Trinajstić information content (AvgIpc) is 2.62. The van der Waals surface area contributed by atoms with Crippen molar-refractivity contribution in [3.63, 3.8) is 0 Å². The van der Waals surface area contributed by atoms with Crippen molar-refractivity contribution in [1.29, 1.82) is 5.41 Å². The first kappa shape index (κ1) is 11.7. The molecule has 3 nitrogen and oxygen atoms in total. The van der Waals surface area contributed by atoms with E-state index >= 15 is 0 Å². The Hall–Kier alpha value is -1.77. The van der Waals surface area contributed by atoms with Crippen molar-refractivity contribution in [3.05, 3.63) is 35.5 Å². The summed E-state index contributed by atoms with van der Waals surface area (Å²) in [5.41, 5.74) is 4.72. The molecule has 0 amide bonds. The maximum atomic E-state index is 7.44. The summed E-state index contributed by atoms with van der Waals surface area (Å²) in [5, 5.41) is 10.4. The van der Waals surface area contributed by atoms with Crippen LogP contribution in [0.15, 0.2) is 24.4 Å². The van der Waals surface area contributed by atoms with Crippen molar-refractivity contribution >= 4 is 17.5 Å². The molecule has 0 bridgehead atoms. The van der Waals surface area contributed by atoms with E-state index < -0.39 is 0 Å². The van der Waals surface area contributed by atoms with E-state index in [1.807, 2.05) is 13.2 Å². The molecule has 3 heteroatoms. The molecule has 0 radical (unpaired) electrons. The summed E-state index contributed by atoms with van der Waals surface area (Å²) in [6.45, 7) is 3.33. The zero-order chi connectivity index (χ0) is 12.4. The van der Waals surface area contributed by atoms with Crippen LogP contribution in [0, 0.1) is 5.41 Å². The summed E-state index contributed by atoms with van der Waals surface area (Å²) in [6.07, 6.45) is 3.25. The van der Waals surface area contributed by atoms with Crippen molar-refractivity contribution < 1.29 is 0 Å². The summed E-state index contributed by atoms with van der Waals surface area (Å²) in [7, 11) is 3.98. The predicted molar refractivity (Wildman–Crippen MR) is 73.9 cm³/mol. The molecule has 1 aliphatic rings. The molecule has 2 rings (SSSR count). The van der Waals surface area contributed by atoms with Crippen LogP contribution >= 0.6 is 0 Å². The quantitative estimate of drug-likeness (QED) is 0.781. The SMILES string of the molecule is CN/C=C(\C=N)c1ccc2c(c1)C(C)CN2C. The van der Waals surface area contributed by atoms with Gasteiger partial charge in [0.2, 0.25) is 0 Å². The normalized spacial score (nSPS) is 19.1. The minimum atomic E-state index is 0.566. The molecule has 1 heterocycles. The van der Waals surface area contributed by atoms with Gasteiger partial charge in [0.1, 0.15) is 0 Å². The minimum absolute atomic E-state index is 0.566. The summed E-state index contributed by atoms with van der Waals surface area (Å²) in [5.74, 6) is 0.566. The highest BCUT2D eigenvalue weighted by molar-refractivity contribution is 6.08. The molecule has 1 aromatic rings. The van der Waals surface area contributed by atoms with Gasteiger partial charge in [-0.05, 0) is 23.3 Å². The zero-order valence-electron chi connectivity index (χ0n) is 10.6. The Balaban J connectivity index is 2.44. The third-order valence-corrected chi connectivity index (χ3v) is 3.31. The maximum absolute atomic E-state index is 7.44. The molecule has 17 heavy (non-hydrogen) atoms. The smallest absolute Gasteiger partial charge is 0.0400 e. The van der Waals surface area contributed by atoms with Gasteiger partial charge in [0, 0.05) is 50.2 Å². The fourth-order valence-electron chi connectivity index (χ4n) is 2.45. The monoisotopic (exact) mass is 229 g/mol. The second-order valence-corrected chi connectivity index (χ2v) is 4.59. The van der Waals surface area contributed by atoms with Crippen LogP contribution in [-0.2, 0) is 0 Å². The largest absolute Gasteiger partial charge is 0.393 e. The van der Waals surface area contributed by atoms with Crippen LogP contribution in [0.3, 0.4) is 0 Å². The molecule has 1 aromatic carbocycles. The van der Waals surface area contributed by atoms with Crippen molar-refractivity contribution in [2.75, 3.05) is 25.5 Å². The number of rotatable bonds is 3. The molecular weight excluding hydrogens is 210 g/mol. The number of fused-ring (bicyclic) bond motifs is 1. The van der Waals surface area contributed by atoms with Gasteiger partial charge in [-0.15, -0.1) is 0 Å². The van der Waals surface area contributed by atoms with Crippen LogP contribution in [0.25, 0.3) is 5.57 Å². The average molecular weight is 229 g/mol. The molecule has 0 spiro atoms. The van der Waals surface area contributed by atoms with E-state index in [0.717, 1.165) is 17.7 Å². The topological polar surface area (TPSA) is 39.1 Å². The first-order valence-electron chi connectivity index (χ1n) is 5.90. The Bertz CT molecular complexity index is 463. The number of anilines is 1. The number of hydrogen-bond donors (Lipinski definition) is 2. The molecule has 0 saturated heterocycles. The lowest BCUT2D eigenvalue weighted by molar-refractivity contribution is 0.796. The van der Waals surface area contributed by atoms with Crippen LogP contribution in [0.5, 0.6) is 0 Å². The Morgan fingerprint density at radius 2 is 2.29 bits per heavy atom. The van der Waals surface area contributed by atoms with Crippen molar-refractivity contribution in [2.45, 2.75) is 12.8 Å². The molecule has 1 atom stereocenters. The van der Waals surface area contributed by atoms with E-state index in [4.69, 9.17) is 5.41 Å². The van der Waals surface area contributed by atoms with E-state index in [2.05, 4.69) is 42.4 Å². The Labute approximate surface area is 103 Å². The van der Waals surface area contributed by atoms with E-state index in [-0.39, 0.29) is 0 Å². The number of nitrogens with one attached hydrogen (secondary N) is 2. The van der Waals surface area contributed by atoms with E-state index in [1.54, 1.807) is 0 Å². The maximum Gasteiger partial charge on any atom is 0.0400 e. The second kappa shape index (κ2) is 4.62. The second-order valence-electron chi connectivity index (χ2n) is 4.59. The van der Waals surface area contributed by atoms with Crippen LogP contribution in [0.4, 0.5) is 5.69 Å². The van der Waals surface area contributed by atoms with Gasteiger partial charge >= 0.3 is 0 Å². The highest BCUT2D eigenvalue weighted by Gasteiger charge is 2.22. The van der Waals surface area contributed by atoms with Crippen molar-refractivity contribution in [2.24, 2.45) is 0 Å². The minimum Gasteiger partial charge on any atom is -0.393 e. The summed E-state index contributed by atoms with van der Waals surface area (Å²) in [6, 6.07) is 6.44. The number of hydrogen-bond acceptors (Lipinski definition) is 3. The summed E-state index contributed by atoms with van der Waals surface area (Å²) >= 11 is 0. The molecule has 0 aromatic heterocycles. The highest BCUT2D eigenvalue weighted by Crippen LogP contribution is 2.36. The number of nitrogens with zero attached hydrogens (tertiary/aromatic N) is 1. The van der Waals surface area contributed by atoms with E-state index in [0.29, 0.717) is 5.92 Å². The molecule has 2 N–H and O–H groups in total. The van der Waals surface area contributed by atoms with Gasteiger partial charge in [0.05, 0.1) is 0 Å². The predicted octanol–water partition coefficient (Wildman–Crippen LogP) is 2.45. The molecule has 0 saturated carbocycles. The fourth-order valence-corrected chi connectivity index (χ4v) is 2.45. The molecule has 0 aliphatic carbocycles. The summed E-state index contributed by atoms with van der Waals surface area (Å²) < 4.78 is 0. The van der Waals surface area contributed by atoms with Crippen LogP contribution in [-0.4, -0.2) is 26.9 Å². The summed E-state index contributed by atoms with van der Waals surface area (Å²) in [4.78, 5) is 2.29. The van der Waals surface area contributed by atoms with Crippen LogP contribution < -0.4 is 10.2 Å². The highest BCUT2D eigenvalue weighted by atomic mass is 15.1. The van der Waals surface area contributed by atoms with E-state index in [1.165, 1.54) is 17.5 Å². The standard InChI is InChI=1S/C14H19N3/c1-10-9-17(3)14-5-4-11(6-13(10)14)12(7-15)8-16-2/h4-8,10,15-16H,9H2,1-3H3/b12-8+,15-7?. The third-order valence-electron chi connectivity index (χ3n) is 3.31. The molecular formula is C14H19N3. The van der Waals surface area contributed by atoms with Gasteiger partial charge < -0.3 is 15.6 Å². The van der Waals surface area contributed by atoms with Crippen molar-refractivity contribution in [3.8, 4) is 0 Å².